The highest BCUT2D eigenvalue weighted by molar-refractivity contribution is 5.56. The molecule has 4 aromatic rings. The zero-order valence-electron chi connectivity index (χ0n) is 22.7. The largest absolute Gasteiger partial charge is 0.507 e. The van der Waals surface area contributed by atoms with Gasteiger partial charge in [-0.25, -0.2) is 0 Å². The van der Waals surface area contributed by atoms with Gasteiger partial charge in [-0.3, -0.25) is 0 Å². The molecule has 0 spiro atoms. The maximum atomic E-state index is 11.4. The van der Waals surface area contributed by atoms with Gasteiger partial charge in [0.1, 0.15) is 23.0 Å². The molecule has 3 N–H and O–H groups in total. The summed E-state index contributed by atoms with van der Waals surface area (Å²) in [4.78, 5) is 0. The number of fused-ring (bicyclic) bond motifs is 8. The van der Waals surface area contributed by atoms with Crippen molar-refractivity contribution < 1.29 is 20.1 Å². The van der Waals surface area contributed by atoms with Crippen molar-refractivity contribution in [3.8, 4) is 23.0 Å². The first-order valence-corrected chi connectivity index (χ1v) is 13.4. The van der Waals surface area contributed by atoms with Crippen LogP contribution in [0.1, 0.15) is 74.5 Å². The number of phenols is 3. The normalized spacial score (nSPS) is 12.8. The molecule has 0 atom stereocenters. The maximum Gasteiger partial charge on any atom is 0.126 e. The lowest BCUT2D eigenvalue weighted by Crippen LogP contribution is -2.06. The Morgan fingerprint density at radius 3 is 1.18 bits per heavy atom. The molecule has 1 aliphatic carbocycles. The Balaban J connectivity index is 1.76. The van der Waals surface area contributed by atoms with E-state index in [2.05, 4.69) is 19.1 Å². The van der Waals surface area contributed by atoms with Gasteiger partial charge in [0.05, 0.1) is 6.61 Å². The predicted molar refractivity (Wildman–Crippen MR) is 152 cm³/mol. The van der Waals surface area contributed by atoms with Crippen LogP contribution in [0.3, 0.4) is 0 Å². The van der Waals surface area contributed by atoms with Gasteiger partial charge in [0.2, 0.25) is 0 Å². The molecular weight excluding hydrogens is 472 g/mol. The van der Waals surface area contributed by atoms with Gasteiger partial charge in [-0.2, -0.15) is 0 Å². The van der Waals surface area contributed by atoms with E-state index in [9.17, 15) is 15.3 Å². The predicted octanol–water partition coefficient (Wildman–Crippen LogP) is 7.19. The number of benzene rings is 4. The topological polar surface area (TPSA) is 69.9 Å². The van der Waals surface area contributed by atoms with Gasteiger partial charge in [0.15, 0.2) is 0 Å². The standard InChI is InChI=1S/C34H36O4/c1-5-9-38-34-23-7-6-8-24(34)17-26-11-21(3)13-28(32(26)36)19-30-15-22(4)14-29(33(30)37)18-27-12-20(2)10-25(16-23)31(27)35/h6-8,10-15,35-37H,5,9,16-19H2,1-4H3. The molecule has 4 heteroatoms. The van der Waals surface area contributed by atoms with Crippen LogP contribution in [0.15, 0.2) is 54.6 Å². The first-order chi connectivity index (χ1) is 18.2. The minimum atomic E-state index is 0.216. The molecule has 0 amide bonds. The Morgan fingerprint density at radius 2 is 0.868 bits per heavy atom. The highest BCUT2D eigenvalue weighted by Crippen LogP contribution is 2.38. The van der Waals surface area contributed by atoms with Crippen molar-refractivity contribution >= 4 is 0 Å². The Labute approximate surface area is 225 Å². The van der Waals surface area contributed by atoms with E-state index in [4.69, 9.17) is 4.74 Å². The van der Waals surface area contributed by atoms with E-state index in [-0.39, 0.29) is 17.2 Å². The summed E-state index contributed by atoms with van der Waals surface area (Å²) in [6.07, 6.45) is 2.73. The van der Waals surface area contributed by atoms with Crippen LogP contribution in [-0.4, -0.2) is 21.9 Å². The van der Waals surface area contributed by atoms with Crippen molar-refractivity contribution in [3.05, 3.63) is 116 Å². The molecule has 0 saturated heterocycles. The molecule has 4 nitrogen and oxygen atoms in total. The third-order valence-corrected chi connectivity index (χ3v) is 7.39. The summed E-state index contributed by atoms with van der Waals surface area (Å²) in [7, 11) is 0. The third-order valence-electron chi connectivity index (χ3n) is 7.39. The average molecular weight is 509 g/mol. The van der Waals surface area contributed by atoms with E-state index in [1.165, 1.54) is 0 Å². The van der Waals surface area contributed by atoms with E-state index in [1.807, 2.05) is 63.2 Å². The zero-order chi connectivity index (χ0) is 27.0. The molecule has 0 aliphatic heterocycles. The van der Waals surface area contributed by atoms with Crippen molar-refractivity contribution in [2.45, 2.75) is 59.8 Å². The van der Waals surface area contributed by atoms with Crippen LogP contribution in [0.25, 0.3) is 0 Å². The summed E-state index contributed by atoms with van der Waals surface area (Å²) in [6.45, 7) is 8.76. The fourth-order valence-corrected chi connectivity index (χ4v) is 5.74. The smallest absolute Gasteiger partial charge is 0.126 e. The number of aromatic hydroxyl groups is 3. The van der Waals surface area contributed by atoms with Gasteiger partial charge in [-0.05, 0) is 71.7 Å². The van der Waals surface area contributed by atoms with Crippen LogP contribution in [-0.2, 0) is 25.7 Å². The fraction of sp³-hybridized carbons (Fsp3) is 0.294. The molecule has 0 aromatic heterocycles. The van der Waals surface area contributed by atoms with Crippen LogP contribution in [0.5, 0.6) is 23.0 Å². The highest BCUT2D eigenvalue weighted by Gasteiger charge is 2.20. The molecule has 0 radical (unpaired) electrons. The highest BCUT2D eigenvalue weighted by atomic mass is 16.5. The number of phenolic OH excluding ortho intramolecular Hbond substituents is 3. The Bertz CT molecular complexity index is 1410. The number of ether oxygens (including phenoxy) is 1. The molecular formula is C34H36O4. The minimum absolute atomic E-state index is 0.216. The van der Waals surface area contributed by atoms with E-state index in [1.54, 1.807) is 0 Å². The van der Waals surface area contributed by atoms with E-state index in [0.717, 1.165) is 73.4 Å². The molecule has 1 aliphatic rings. The van der Waals surface area contributed by atoms with Gasteiger partial charge >= 0.3 is 0 Å². The van der Waals surface area contributed by atoms with Crippen LogP contribution in [0.2, 0.25) is 0 Å². The summed E-state index contributed by atoms with van der Waals surface area (Å²) >= 11 is 0. The van der Waals surface area contributed by atoms with Crippen molar-refractivity contribution in [1.82, 2.24) is 0 Å². The number of aryl methyl sites for hydroxylation is 3. The van der Waals surface area contributed by atoms with Crippen molar-refractivity contribution in [2.75, 3.05) is 6.61 Å². The van der Waals surface area contributed by atoms with Gasteiger partial charge in [-0.15, -0.1) is 0 Å². The number of hydrogen-bond donors (Lipinski definition) is 3. The maximum absolute atomic E-state index is 11.4. The van der Waals surface area contributed by atoms with E-state index in [0.29, 0.717) is 32.3 Å². The van der Waals surface area contributed by atoms with Crippen LogP contribution >= 0.6 is 0 Å². The van der Waals surface area contributed by atoms with Crippen molar-refractivity contribution in [2.24, 2.45) is 0 Å². The summed E-state index contributed by atoms with van der Waals surface area (Å²) in [5.41, 5.74) is 9.91. The fourth-order valence-electron chi connectivity index (χ4n) is 5.74. The number of para-hydroxylation sites is 1. The van der Waals surface area contributed by atoms with E-state index >= 15 is 0 Å². The molecule has 196 valence electrons. The summed E-state index contributed by atoms with van der Waals surface area (Å²) in [5.74, 6) is 1.56. The molecule has 8 bridgehead atoms. The summed E-state index contributed by atoms with van der Waals surface area (Å²) in [6, 6.07) is 18.1. The van der Waals surface area contributed by atoms with Crippen molar-refractivity contribution in [3.63, 3.8) is 0 Å². The molecule has 0 fully saturated rings. The zero-order valence-corrected chi connectivity index (χ0v) is 22.7. The van der Waals surface area contributed by atoms with Crippen LogP contribution in [0.4, 0.5) is 0 Å². The lowest BCUT2D eigenvalue weighted by atomic mass is 9.89. The lowest BCUT2D eigenvalue weighted by molar-refractivity contribution is 0.311. The van der Waals surface area contributed by atoms with Crippen LogP contribution in [0, 0.1) is 20.8 Å². The first kappa shape index (κ1) is 25.7. The Kier molecular flexibility index (Phi) is 7.07. The Morgan fingerprint density at radius 1 is 0.553 bits per heavy atom. The quantitative estimate of drug-likeness (QED) is 0.241. The average Bonchev–Trinajstić information content (AvgIpc) is 2.86. The van der Waals surface area contributed by atoms with Gasteiger partial charge in [-0.1, -0.05) is 78.2 Å². The SMILES string of the molecule is CCCOc1c2cccc1Cc1cc(C)cc(c1O)Cc1cc(C)cc(c1O)Cc1cc(C)cc(c1O)C2. The first-order valence-electron chi connectivity index (χ1n) is 13.4. The van der Waals surface area contributed by atoms with Gasteiger partial charge in [0, 0.05) is 25.7 Å². The Hall–Kier alpha value is -3.92. The molecule has 0 saturated carbocycles. The molecule has 0 heterocycles. The number of rotatable bonds is 3. The van der Waals surface area contributed by atoms with Crippen molar-refractivity contribution in [1.29, 1.82) is 0 Å². The summed E-state index contributed by atoms with van der Waals surface area (Å²) in [5, 5.41) is 34.1. The second-order valence-corrected chi connectivity index (χ2v) is 10.8. The van der Waals surface area contributed by atoms with Gasteiger partial charge in [0.25, 0.3) is 0 Å². The molecule has 5 rings (SSSR count). The second-order valence-electron chi connectivity index (χ2n) is 10.8. The second kappa shape index (κ2) is 10.4. The van der Waals surface area contributed by atoms with Crippen LogP contribution < -0.4 is 4.74 Å². The number of hydrogen-bond acceptors (Lipinski definition) is 4. The monoisotopic (exact) mass is 508 g/mol. The lowest BCUT2D eigenvalue weighted by Gasteiger charge is -2.20. The molecule has 0 unspecified atom stereocenters. The third kappa shape index (κ3) is 5.08. The molecule has 4 aromatic carbocycles. The van der Waals surface area contributed by atoms with E-state index < -0.39 is 0 Å². The molecule has 38 heavy (non-hydrogen) atoms. The van der Waals surface area contributed by atoms with Gasteiger partial charge < -0.3 is 20.1 Å². The minimum Gasteiger partial charge on any atom is -0.507 e. The summed E-state index contributed by atoms with van der Waals surface area (Å²) < 4.78 is 6.31.